The monoisotopic (exact) mass is 278 g/mol. The summed E-state index contributed by atoms with van der Waals surface area (Å²) < 4.78 is 0. The van der Waals surface area contributed by atoms with Gasteiger partial charge in [-0.25, -0.2) is 0 Å². The fourth-order valence-corrected chi connectivity index (χ4v) is 2.88. The summed E-state index contributed by atoms with van der Waals surface area (Å²) >= 11 is 0. The number of benzene rings is 1. The predicted octanol–water partition coefficient (Wildman–Crippen LogP) is 0.547. The van der Waals surface area contributed by atoms with Crippen LogP contribution in [-0.2, 0) is 5.41 Å². The van der Waals surface area contributed by atoms with Crippen molar-refractivity contribution in [1.29, 1.82) is 0 Å². The van der Waals surface area contributed by atoms with E-state index >= 15 is 0 Å². The fourth-order valence-electron chi connectivity index (χ4n) is 2.88. The smallest absolute Gasteiger partial charge is 0.0558 e. The van der Waals surface area contributed by atoms with Gasteiger partial charge in [0.15, 0.2) is 0 Å². The summed E-state index contributed by atoms with van der Waals surface area (Å²) in [6.07, 6.45) is 0. The number of hydrogen-bond donors (Lipinski definition) is 2. The molecule has 1 atom stereocenters. The molecule has 4 heteroatoms. The molecule has 0 aliphatic carbocycles. The number of aliphatic hydroxyl groups is 2. The van der Waals surface area contributed by atoms with Crippen LogP contribution in [0, 0.1) is 0 Å². The SMILES string of the molecule is CC(CO)(CN1CCN(CCO)CC1)c1ccccc1. The number of rotatable bonds is 6. The molecule has 0 radical (unpaired) electrons. The van der Waals surface area contributed by atoms with E-state index in [2.05, 4.69) is 28.9 Å². The van der Waals surface area contributed by atoms with Gasteiger partial charge in [0.2, 0.25) is 0 Å². The summed E-state index contributed by atoms with van der Waals surface area (Å²) in [7, 11) is 0. The normalized spacial score (nSPS) is 20.8. The Morgan fingerprint density at radius 1 is 1.00 bits per heavy atom. The van der Waals surface area contributed by atoms with Gasteiger partial charge in [-0.05, 0) is 5.56 Å². The molecule has 1 aliphatic rings. The van der Waals surface area contributed by atoms with Gasteiger partial charge < -0.3 is 10.2 Å². The predicted molar refractivity (Wildman–Crippen MR) is 80.8 cm³/mol. The highest BCUT2D eigenvalue weighted by molar-refractivity contribution is 5.25. The molecule has 0 saturated carbocycles. The van der Waals surface area contributed by atoms with Crippen LogP contribution in [0.1, 0.15) is 12.5 Å². The van der Waals surface area contributed by atoms with Crippen LogP contribution in [0.25, 0.3) is 0 Å². The summed E-state index contributed by atoms with van der Waals surface area (Å²) in [5, 5.41) is 18.8. The molecule has 1 fully saturated rings. The van der Waals surface area contributed by atoms with E-state index in [1.807, 2.05) is 18.2 Å². The van der Waals surface area contributed by atoms with Crippen molar-refractivity contribution < 1.29 is 10.2 Å². The molecule has 112 valence electrons. The largest absolute Gasteiger partial charge is 0.395 e. The first-order valence-electron chi connectivity index (χ1n) is 7.40. The molecule has 1 aliphatic heterocycles. The Balaban J connectivity index is 1.94. The molecule has 0 aromatic heterocycles. The highest BCUT2D eigenvalue weighted by Crippen LogP contribution is 2.24. The van der Waals surface area contributed by atoms with Gasteiger partial charge in [0.1, 0.15) is 0 Å². The van der Waals surface area contributed by atoms with Gasteiger partial charge in [-0.15, -0.1) is 0 Å². The Labute approximate surface area is 121 Å². The Morgan fingerprint density at radius 2 is 1.60 bits per heavy atom. The zero-order valence-corrected chi connectivity index (χ0v) is 12.3. The number of nitrogens with zero attached hydrogens (tertiary/aromatic N) is 2. The minimum absolute atomic E-state index is 0.161. The maximum atomic E-state index is 9.84. The van der Waals surface area contributed by atoms with Crippen molar-refractivity contribution >= 4 is 0 Å². The van der Waals surface area contributed by atoms with Crippen molar-refractivity contribution in [2.75, 3.05) is 52.5 Å². The first-order valence-corrected chi connectivity index (χ1v) is 7.40. The summed E-state index contributed by atoms with van der Waals surface area (Å²) in [6.45, 7) is 8.16. The third kappa shape index (κ3) is 3.79. The lowest BCUT2D eigenvalue weighted by molar-refractivity contribution is 0.0816. The van der Waals surface area contributed by atoms with Gasteiger partial charge in [0.25, 0.3) is 0 Å². The van der Waals surface area contributed by atoms with Crippen molar-refractivity contribution in [1.82, 2.24) is 9.80 Å². The molecule has 1 unspecified atom stereocenters. The summed E-state index contributed by atoms with van der Waals surface area (Å²) in [6, 6.07) is 10.3. The first kappa shape index (κ1) is 15.4. The zero-order valence-electron chi connectivity index (χ0n) is 12.3. The quantitative estimate of drug-likeness (QED) is 0.798. The highest BCUT2D eigenvalue weighted by Gasteiger charge is 2.29. The van der Waals surface area contributed by atoms with Crippen LogP contribution in [0.2, 0.25) is 0 Å². The zero-order chi connectivity index (χ0) is 14.4. The van der Waals surface area contributed by atoms with Crippen molar-refractivity contribution in [3.05, 3.63) is 35.9 Å². The second-order valence-electron chi connectivity index (χ2n) is 5.93. The fraction of sp³-hybridized carbons (Fsp3) is 0.625. The molecule has 4 nitrogen and oxygen atoms in total. The molecule has 1 aromatic carbocycles. The Bertz CT molecular complexity index is 391. The number of β-amino-alcohol motifs (C(OH)–C–C–N with tert-alkyl or cyclic N) is 1. The minimum atomic E-state index is -0.208. The molecule has 0 spiro atoms. The Morgan fingerprint density at radius 3 is 2.15 bits per heavy atom. The van der Waals surface area contributed by atoms with Crippen molar-refractivity contribution in [3.8, 4) is 0 Å². The van der Waals surface area contributed by atoms with E-state index in [9.17, 15) is 5.11 Å². The van der Waals surface area contributed by atoms with Crippen LogP contribution in [0.15, 0.2) is 30.3 Å². The first-order chi connectivity index (χ1) is 9.68. The van der Waals surface area contributed by atoms with Gasteiger partial charge in [-0.2, -0.15) is 0 Å². The van der Waals surface area contributed by atoms with Crippen LogP contribution >= 0.6 is 0 Å². The van der Waals surface area contributed by atoms with Crippen LogP contribution in [0.3, 0.4) is 0 Å². The van der Waals surface area contributed by atoms with Crippen molar-refractivity contribution in [2.45, 2.75) is 12.3 Å². The van der Waals surface area contributed by atoms with Crippen LogP contribution in [0.5, 0.6) is 0 Å². The number of piperazine rings is 1. The van der Waals surface area contributed by atoms with Gasteiger partial charge in [-0.3, -0.25) is 9.80 Å². The van der Waals surface area contributed by atoms with E-state index in [0.29, 0.717) is 0 Å². The molecule has 1 heterocycles. The summed E-state index contributed by atoms with van der Waals surface area (Å²) in [5.74, 6) is 0. The van der Waals surface area contributed by atoms with E-state index in [0.717, 1.165) is 39.3 Å². The van der Waals surface area contributed by atoms with Gasteiger partial charge in [0, 0.05) is 44.7 Å². The van der Waals surface area contributed by atoms with E-state index in [-0.39, 0.29) is 18.6 Å². The lowest BCUT2D eigenvalue weighted by Gasteiger charge is -2.39. The molecule has 2 rings (SSSR count). The van der Waals surface area contributed by atoms with E-state index in [4.69, 9.17) is 5.11 Å². The topological polar surface area (TPSA) is 46.9 Å². The molecule has 0 amide bonds. The lowest BCUT2D eigenvalue weighted by Crippen LogP contribution is -2.51. The molecule has 1 aromatic rings. The van der Waals surface area contributed by atoms with Crippen LogP contribution in [-0.4, -0.2) is 72.5 Å². The Hall–Kier alpha value is -0.940. The standard InChI is InChI=1S/C16H26N2O2/c1-16(14-20,15-5-3-2-4-6-15)13-18-9-7-17(8-10-18)11-12-19/h2-6,19-20H,7-14H2,1H3. The molecular weight excluding hydrogens is 252 g/mol. The average molecular weight is 278 g/mol. The van der Waals surface area contributed by atoms with Crippen LogP contribution < -0.4 is 0 Å². The molecule has 2 N–H and O–H groups in total. The van der Waals surface area contributed by atoms with Crippen molar-refractivity contribution in [2.24, 2.45) is 0 Å². The average Bonchev–Trinajstić information content (AvgIpc) is 2.50. The maximum Gasteiger partial charge on any atom is 0.0558 e. The number of aliphatic hydroxyl groups excluding tert-OH is 2. The molecule has 20 heavy (non-hydrogen) atoms. The minimum Gasteiger partial charge on any atom is -0.395 e. The third-order valence-corrected chi connectivity index (χ3v) is 4.27. The Kier molecular flexibility index (Phi) is 5.54. The highest BCUT2D eigenvalue weighted by atomic mass is 16.3. The second kappa shape index (κ2) is 7.18. The lowest BCUT2D eigenvalue weighted by atomic mass is 9.82. The molecular formula is C16H26N2O2. The van der Waals surface area contributed by atoms with Gasteiger partial charge in [-0.1, -0.05) is 37.3 Å². The molecule has 1 saturated heterocycles. The second-order valence-corrected chi connectivity index (χ2v) is 5.93. The van der Waals surface area contributed by atoms with E-state index in [1.165, 1.54) is 5.56 Å². The van der Waals surface area contributed by atoms with Gasteiger partial charge in [0.05, 0.1) is 13.2 Å². The van der Waals surface area contributed by atoms with E-state index < -0.39 is 0 Å². The maximum absolute atomic E-state index is 9.84. The molecule has 0 bridgehead atoms. The third-order valence-electron chi connectivity index (χ3n) is 4.27. The summed E-state index contributed by atoms with van der Waals surface area (Å²) in [5.41, 5.74) is 0.987. The van der Waals surface area contributed by atoms with Gasteiger partial charge >= 0.3 is 0 Å². The number of hydrogen-bond acceptors (Lipinski definition) is 4. The van der Waals surface area contributed by atoms with E-state index in [1.54, 1.807) is 0 Å². The van der Waals surface area contributed by atoms with Crippen LogP contribution in [0.4, 0.5) is 0 Å². The summed E-state index contributed by atoms with van der Waals surface area (Å²) in [4.78, 5) is 4.70. The van der Waals surface area contributed by atoms with Crippen molar-refractivity contribution in [3.63, 3.8) is 0 Å².